The van der Waals surface area contributed by atoms with Gasteiger partial charge < -0.3 is 15.5 Å². The Morgan fingerprint density at radius 3 is 2.53 bits per heavy atom. The van der Waals surface area contributed by atoms with Gasteiger partial charge in [-0.15, -0.1) is 0 Å². The number of hydrogen-bond acceptors (Lipinski definition) is 3. The highest BCUT2D eigenvalue weighted by Gasteiger charge is 2.46. The van der Waals surface area contributed by atoms with E-state index in [0.717, 1.165) is 59.7 Å². The number of halogens is 3. The zero-order valence-electron chi connectivity index (χ0n) is 21.4. The van der Waals surface area contributed by atoms with Gasteiger partial charge in [-0.3, -0.25) is 4.90 Å². The molecule has 5 nitrogen and oxygen atoms in total. The molecule has 0 atom stereocenters. The zero-order chi connectivity index (χ0) is 27.1. The van der Waals surface area contributed by atoms with Gasteiger partial charge in [-0.05, 0) is 77.4 Å². The maximum absolute atomic E-state index is 14.0. The van der Waals surface area contributed by atoms with E-state index >= 15 is 0 Å². The Balaban J connectivity index is 1.47. The van der Waals surface area contributed by atoms with Gasteiger partial charge in [0.2, 0.25) is 0 Å². The Kier molecular flexibility index (Phi) is 6.67. The van der Waals surface area contributed by atoms with Crippen molar-refractivity contribution >= 4 is 17.9 Å². The van der Waals surface area contributed by atoms with Crippen molar-refractivity contribution in [1.29, 1.82) is 5.41 Å². The van der Waals surface area contributed by atoms with Gasteiger partial charge >= 0.3 is 12.2 Å². The van der Waals surface area contributed by atoms with Crippen LogP contribution in [0.1, 0.15) is 53.5 Å². The molecule has 0 unspecified atom stereocenters. The summed E-state index contributed by atoms with van der Waals surface area (Å²) in [6, 6.07) is 14.8. The molecule has 3 aromatic carbocycles. The minimum Gasteiger partial charge on any atom is -0.497 e. The molecule has 1 aliphatic heterocycles. The molecule has 1 heterocycles. The first-order chi connectivity index (χ1) is 18.1. The van der Waals surface area contributed by atoms with E-state index in [-0.39, 0.29) is 22.8 Å². The van der Waals surface area contributed by atoms with Gasteiger partial charge in [-0.1, -0.05) is 43.2 Å². The number of benzene rings is 3. The molecule has 8 heteroatoms. The molecular formula is C30H30F3N3O2. The van der Waals surface area contributed by atoms with Gasteiger partial charge in [0, 0.05) is 30.4 Å². The summed E-state index contributed by atoms with van der Waals surface area (Å²) in [6.45, 7) is 2.78. The van der Waals surface area contributed by atoms with E-state index in [1.54, 1.807) is 23.1 Å². The lowest BCUT2D eigenvalue weighted by molar-refractivity contribution is -0.137. The summed E-state index contributed by atoms with van der Waals surface area (Å²) >= 11 is 0. The number of ether oxygens (including phenoxy) is 1. The van der Waals surface area contributed by atoms with Crippen molar-refractivity contribution in [3.8, 4) is 16.9 Å². The largest absolute Gasteiger partial charge is 0.497 e. The summed E-state index contributed by atoms with van der Waals surface area (Å²) in [7, 11) is 1.35. The molecule has 1 spiro atoms. The van der Waals surface area contributed by atoms with Crippen molar-refractivity contribution < 1.29 is 22.7 Å². The highest BCUT2D eigenvalue weighted by Crippen LogP contribution is 2.52. The minimum atomic E-state index is -4.53. The molecule has 2 amide bonds. The number of hydrogen-bond donors (Lipinski definition) is 2. The molecule has 0 radical (unpaired) electrons. The molecule has 1 aliphatic carbocycles. The van der Waals surface area contributed by atoms with Gasteiger partial charge in [-0.25, -0.2) is 4.79 Å². The number of anilines is 1. The molecule has 5 rings (SSSR count). The molecule has 0 aromatic heterocycles. The van der Waals surface area contributed by atoms with Gasteiger partial charge in [0.25, 0.3) is 0 Å². The van der Waals surface area contributed by atoms with E-state index in [1.165, 1.54) is 19.4 Å². The topological polar surface area (TPSA) is 65.4 Å². The SMILES string of the molecule is COc1ccc(-c2ccc3c(c2)C2(CCCC2)CN3C(=O)NCc2ccc(C=N)c(C)c2)c(C(F)(F)F)c1. The summed E-state index contributed by atoms with van der Waals surface area (Å²) in [5, 5.41) is 10.5. The standard InChI is InChI=1S/C30H30F3N3O2/c1-19-13-20(5-6-22(19)16-34)17-35-28(37)36-18-29(11-3-4-12-29)26-14-21(7-10-27(26)36)24-9-8-23(38-2)15-25(24)30(31,32)33/h5-10,13-16,34H,3-4,11-12,17-18H2,1-2H3,(H,35,37). The van der Waals surface area contributed by atoms with Crippen LogP contribution in [0, 0.1) is 12.3 Å². The number of nitrogens with zero attached hydrogens (tertiary/aromatic N) is 1. The third kappa shape index (κ3) is 4.64. The number of aryl methyl sites for hydroxylation is 1. The van der Waals surface area contributed by atoms with Crippen LogP contribution in [0.3, 0.4) is 0 Å². The van der Waals surface area contributed by atoms with Crippen molar-refractivity contribution in [2.24, 2.45) is 0 Å². The molecule has 3 aromatic rings. The van der Waals surface area contributed by atoms with Crippen LogP contribution < -0.4 is 15.0 Å². The number of nitrogens with one attached hydrogen (secondary N) is 2. The maximum atomic E-state index is 14.0. The molecule has 2 aliphatic rings. The zero-order valence-corrected chi connectivity index (χ0v) is 21.4. The van der Waals surface area contributed by atoms with E-state index in [9.17, 15) is 18.0 Å². The lowest BCUT2D eigenvalue weighted by Crippen LogP contribution is -2.41. The molecule has 1 saturated carbocycles. The van der Waals surface area contributed by atoms with Crippen molar-refractivity contribution in [3.63, 3.8) is 0 Å². The van der Waals surface area contributed by atoms with E-state index in [4.69, 9.17) is 10.1 Å². The Morgan fingerprint density at radius 2 is 1.87 bits per heavy atom. The van der Waals surface area contributed by atoms with Crippen LogP contribution in [0.25, 0.3) is 11.1 Å². The summed E-state index contributed by atoms with van der Waals surface area (Å²) in [6.07, 6.45) is 0.605. The maximum Gasteiger partial charge on any atom is 0.417 e. The average Bonchev–Trinajstić information content (AvgIpc) is 3.51. The van der Waals surface area contributed by atoms with Crippen molar-refractivity contribution in [2.75, 3.05) is 18.6 Å². The second kappa shape index (κ2) is 9.82. The second-order valence-electron chi connectivity index (χ2n) is 10.2. The van der Waals surface area contributed by atoms with E-state index in [2.05, 4.69) is 5.32 Å². The van der Waals surface area contributed by atoms with Crippen LogP contribution in [-0.4, -0.2) is 25.9 Å². The highest BCUT2D eigenvalue weighted by atomic mass is 19.4. The molecular weight excluding hydrogens is 491 g/mol. The van der Waals surface area contributed by atoms with E-state index in [0.29, 0.717) is 18.7 Å². The van der Waals surface area contributed by atoms with Crippen LogP contribution in [0.4, 0.5) is 23.7 Å². The van der Waals surface area contributed by atoms with Gasteiger partial charge in [0.15, 0.2) is 0 Å². The van der Waals surface area contributed by atoms with Gasteiger partial charge in [0.05, 0.1) is 12.7 Å². The Bertz CT molecular complexity index is 1390. The van der Waals surface area contributed by atoms with Crippen LogP contribution in [0.2, 0.25) is 0 Å². The third-order valence-electron chi connectivity index (χ3n) is 7.90. The highest BCUT2D eigenvalue weighted by molar-refractivity contribution is 5.96. The van der Waals surface area contributed by atoms with E-state index in [1.807, 2.05) is 31.2 Å². The molecule has 0 bridgehead atoms. The number of fused-ring (bicyclic) bond motifs is 2. The number of carbonyl (C=O) groups is 1. The van der Waals surface area contributed by atoms with E-state index < -0.39 is 11.7 Å². The van der Waals surface area contributed by atoms with Crippen LogP contribution in [0.15, 0.2) is 54.6 Å². The molecule has 38 heavy (non-hydrogen) atoms. The number of rotatable bonds is 5. The average molecular weight is 522 g/mol. The lowest BCUT2D eigenvalue weighted by atomic mass is 9.79. The van der Waals surface area contributed by atoms with Crippen molar-refractivity contribution in [1.82, 2.24) is 5.32 Å². The van der Waals surface area contributed by atoms with Gasteiger partial charge in [-0.2, -0.15) is 13.2 Å². The number of methoxy groups -OCH3 is 1. The molecule has 198 valence electrons. The molecule has 1 fully saturated rings. The fourth-order valence-corrected chi connectivity index (χ4v) is 5.92. The molecule has 2 N–H and O–H groups in total. The number of amides is 2. The Morgan fingerprint density at radius 1 is 1.11 bits per heavy atom. The molecule has 0 saturated heterocycles. The van der Waals surface area contributed by atoms with Crippen LogP contribution in [-0.2, 0) is 18.1 Å². The second-order valence-corrected chi connectivity index (χ2v) is 10.2. The first-order valence-corrected chi connectivity index (χ1v) is 12.7. The normalized spacial score (nSPS) is 16.0. The Hall–Kier alpha value is -3.81. The lowest BCUT2D eigenvalue weighted by Gasteiger charge is -2.25. The minimum absolute atomic E-state index is 0.0980. The summed E-state index contributed by atoms with van der Waals surface area (Å²) < 4.78 is 46.9. The van der Waals surface area contributed by atoms with Crippen LogP contribution in [0.5, 0.6) is 5.75 Å². The number of alkyl halides is 3. The summed E-state index contributed by atoms with van der Waals surface area (Å²) in [5.41, 5.74) is 4.01. The quantitative estimate of drug-likeness (QED) is 0.348. The third-order valence-corrected chi connectivity index (χ3v) is 7.90. The van der Waals surface area contributed by atoms with Crippen molar-refractivity contribution in [3.05, 3.63) is 82.4 Å². The fraction of sp³-hybridized carbons (Fsp3) is 0.333. The predicted octanol–water partition coefficient (Wildman–Crippen LogP) is 7.23. The fourth-order valence-electron chi connectivity index (χ4n) is 5.92. The summed E-state index contributed by atoms with van der Waals surface area (Å²) in [5.74, 6) is 0.153. The monoisotopic (exact) mass is 521 g/mol. The smallest absolute Gasteiger partial charge is 0.417 e. The van der Waals surface area contributed by atoms with Crippen molar-refractivity contribution in [2.45, 2.75) is 50.7 Å². The summed E-state index contributed by atoms with van der Waals surface area (Å²) in [4.78, 5) is 15.1. The van der Waals surface area contributed by atoms with Crippen LogP contribution >= 0.6 is 0 Å². The first kappa shape index (κ1) is 25.8. The predicted molar refractivity (Wildman–Crippen MR) is 142 cm³/mol. The first-order valence-electron chi connectivity index (χ1n) is 12.7. The Labute approximate surface area is 220 Å². The number of urea groups is 1. The number of carbonyl (C=O) groups excluding carboxylic acids is 1. The van der Waals surface area contributed by atoms with Gasteiger partial charge in [0.1, 0.15) is 5.75 Å².